The fourth-order valence-electron chi connectivity index (χ4n) is 0.847. The third kappa shape index (κ3) is 3.18. The van der Waals surface area contributed by atoms with Crippen LogP contribution in [0.3, 0.4) is 0 Å². The zero-order chi connectivity index (χ0) is 10.7. The Bertz CT molecular complexity index is 361. The Kier molecular flexibility index (Phi) is 4.28. The van der Waals surface area contributed by atoms with Crippen LogP contribution < -0.4 is 0 Å². The lowest BCUT2D eigenvalue weighted by molar-refractivity contribution is -0.136. The summed E-state index contributed by atoms with van der Waals surface area (Å²) in [7, 11) is 0. The Morgan fingerprint density at radius 3 is 2.57 bits per heavy atom. The predicted octanol–water partition coefficient (Wildman–Crippen LogP) is 2.93. The number of thiophene rings is 1. The molecule has 76 valence electrons. The lowest BCUT2D eigenvalue weighted by Gasteiger charge is -2.02. The zero-order valence-corrected chi connectivity index (χ0v) is 10.9. The van der Waals surface area contributed by atoms with Crippen molar-refractivity contribution in [3.8, 4) is 0 Å². The largest absolute Gasteiger partial charge is 0.481 e. The quantitative estimate of drug-likeness (QED) is 0.676. The van der Waals surface area contributed by atoms with E-state index in [1.807, 2.05) is 0 Å². The topological polar surface area (TPSA) is 54.4 Å². The molecule has 6 heteroatoms. The number of carboxylic acids is 1. The van der Waals surface area contributed by atoms with E-state index < -0.39 is 10.8 Å². The summed E-state index contributed by atoms with van der Waals surface area (Å²) < 4.78 is 0.857. The van der Waals surface area contributed by atoms with Crippen LogP contribution in [-0.4, -0.2) is 21.7 Å². The first-order valence-corrected chi connectivity index (χ1v) is 6.18. The van der Waals surface area contributed by atoms with Crippen LogP contribution in [0, 0.1) is 0 Å². The van der Waals surface area contributed by atoms with Crippen molar-refractivity contribution in [1.82, 2.24) is 0 Å². The van der Waals surface area contributed by atoms with E-state index in [1.54, 1.807) is 12.1 Å². The molecule has 0 aliphatic heterocycles. The lowest BCUT2D eigenvalue weighted by atomic mass is 10.2. The van der Waals surface area contributed by atoms with Crippen molar-refractivity contribution in [2.24, 2.45) is 0 Å². The maximum absolute atomic E-state index is 11.6. The fraction of sp³-hybridized carbons (Fsp3) is 0.250. The van der Waals surface area contributed by atoms with Crippen molar-refractivity contribution in [2.75, 3.05) is 0 Å². The second-order valence-electron chi connectivity index (χ2n) is 2.53. The molecule has 3 nitrogen and oxygen atoms in total. The minimum Gasteiger partial charge on any atom is -0.481 e. The molecule has 1 rings (SSSR count). The Morgan fingerprint density at radius 2 is 2.14 bits per heavy atom. The standard InChI is InChI=1S/C8H6Br2O3S/c9-4(3-7(11)12)8(13)5-1-2-6(10)14-5/h1-2,4H,3H2,(H,11,12). The molecule has 14 heavy (non-hydrogen) atoms. The van der Waals surface area contributed by atoms with Crippen LogP contribution in [0.2, 0.25) is 0 Å². The molecule has 1 atom stereocenters. The van der Waals surface area contributed by atoms with Gasteiger partial charge < -0.3 is 5.11 Å². The Morgan fingerprint density at radius 1 is 1.50 bits per heavy atom. The third-order valence-electron chi connectivity index (χ3n) is 1.45. The molecule has 0 fully saturated rings. The Balaban J connectivity index is 2.70. The molecule has 1 N–H and O–H groups in total. The smallest absolute Gasteiger partial charge is 0.304 e. The van der Waals surface area contributed by atoms with Gasteiger partial charge in [-0.1, -0.05) is 15.9 Å². The Hall–Kier alpha value is -0.200. The van der Waals surface area contributed by atoms with Crippen LogP contribution >= 0.6 is 43.2 Å². The number of ketones is 1. The van der Waals surface area contributed by atoms with Crippen LogP contribution in [-0.2, 0) is 4.79 Å². The lowest BCUT2D eigenvalue weighted by Crippen LogP contribution is -2.17. The van der Waals surface area contributed by atoms with E-state index in [4.69, 9.17) is 5.11 Å². The van der Waals surface area contributed by atoms with Crippen LogP contribution in [0.25, 0.3) is 0 Å². The summed E-state index contributed by atoms with van der Waals surface area (Å²) in [5, 5.41) is 8.50. The third-order valence-corrected chi connectivity index (χ3v) is 3.83. The van der Waals surface area contributed by atoms with Gasteiger partial charge >= 0.3 is 5.97 Å². The molecular weight excluding hydrogens is 336 g/mol. The van der Waals surface area contributed by atoms with Crippen molar-refractivity contribution in [2.45, 2.75) is 11.2 Å². The molecule has 1 aromatic heterocycles. The number of alkyl halides is 1. The number of carbonyl (C=O) groups is 2. The highest BCUT2D eigenvalue weighted by atomic mass is 79.9. The van der Waals surface area contributed by atoms with E-state index in [2.05, 4.69) is 31.9 Å². The summed E-state index contributed by atoms with van der Waals surface area (Å²) in [5.74, 6) is -1.18. The highest BCUT2D eigenvalue weighted by Gasteiger charge is 2.21. The van der Waals surface area contributed by atoms with Crippen molar-refractivity contribution < 1.29 is 14.7 Å². The number of carboxylic acid groups (broad SMARTS) is 1. The first kappa shape index (κ1) is 11.9. The molecule has 0 aromatic carbocycles. The first-order valence-electron chi connectivity index (χ1n) is 3.66. The summed E-state index contributed by atoms with van der Waals surface area (Å²) in [4.78, 5) is 21.8. The average Bonchev–Trinajstić information content (AvgIpc) is 2.49. The summed E-state index contributed by atoms with van der Waals surface area (Å²) in [5.41, 5.74) is 0. The number of hydrogen-bond donors (Lipinski definition) is 1. The van der Waals surface area contributed by atoms with Gasteiger partial charge in [-0.2, -0.15) is 0 Å². The van der Waals surface area contributed by atoms with Crippen LogP contribution in [0.15, 0.2) is 15.9 Å². The molecule has 0 amide bonds. The molecule has 0 aliphatic carbocycles. The van der Waals surface area contributed by atoms with Crippen molar-refractivity contribution in [1.29, 1.82) is 0 Å². The molecule has 1 aromatic rings. The summed E-state index contributed by atoms with van der Waals surface area (Å²) >= 11 is 7.58. The van der Waals surface area contributed by atoms with Gasteiger partial charge in [0.25, 0.3) is 0 Å². The monoisotopic (exact) mass is 340 g/mol. The minimum atomic E-state index is -0.990. The van der Waals surface area contributed by atoms with E-state index in [0.717, 1.165) is 3.79 Å². The van der Waals surface area contributed by atoms with Gasteiger partial charge in [-0.15, -0.1) is 11.3 Å². The van der Waals surface area contributed by atoms with E-state index in [1.165, 1.54) is 11.3 Å². The van der Waals surface area contributed by atoms with E-state index in [-0.39, 0.29) is 12.2 Å². The van der Waals surface area contributed by atoms with Gasteiger partial charge in [0.1, 0.15) is 0 Å². The number of aliphatic carboxylic acids is 1. The SMILES string of the molecule is O=C(O)CC(Br)C(=O)c1ccc(Br)s1. The first-order chi connectivity index (χ1) is 6.50. The van der Waals surface area contributed by atoms with Crippen molar-refractivity contribution >= 4 is 54.9 Å². The molecule has 0 spiro atoms. The van der Waals surface area contributed by atoms with Crippen molar-refractivity contribution in [3.63, 3.8) is 0 Å². The summed E-state index contributed by atoms with van der Waals surface area (Å²) in [6, 6.07) is 3.44. The number of halogens is 2. The zero-order valence-electron chi connectivity index (χ0n) is 6.87. The fourth-order valence-corrected chi connectivity index (χ4v) is 2.90. The molecule has 0 aliphatic rings. The molecule has 0 radical (unpaired) electrons. The highest BCUT2D eigenvalue weighted by molar-refractivity contribution is 9.11. The predicted molar refractivity (Wildman–Crippen MR) is 61.3 cm³/mol. The van der Waals surface area contributed by atoms with E-state index >= 15 is 0 Å². The van der Waals surface area contributed by atoms with Gasteiger partial charge in [0.2, 0.25) is 0 Å². The van der Waals surface area contributed by atoms with Gasteiger partial charge in [0.15, 0.2) is 5.78 Å². The molecule has 0 saturated carbocycles. The number of Topliss-reactive ketones (excluding diaryl/α,β-unsaturated/α-hetero) is 1. The Labute approximate surface area is 101 Å². The second kappa shape index (κ2) is 5.04. The molecule has 0 bridgehead atoms. The van der Waals surface area contributed by atoms with Gasteiger partial charge in [-0.25, -0.2) is 0 Å². The average molecular weight is 342 g/mol. The molecular formula is C8H6Br2O3S. The molecule has 1 unspecified atom stereocenters. The maximum Gasteiger partial charge on any atom is 0.304 e. The highest BCUT2D eigenvalue weighted by Crippen LogP contribution is 2.25. The second-order valence-corrected chi connectivity index (χ2v) is 6.10. The van der Waals surface area contributed by atoms with Crippen LogP contribution in [0.1, 0.15) is 16.1 Å². The van der Waals surface area contributed by atoms with E-state index in [0.29, 0.717) is 4.88 Å². The number of carbonyl (C=O) groups excluding carboxylic acids is 1. The van der Waals surface area contributed by atoms with Crippen LogP contribution in [0.5, 0.6) is 0 Å². The number of hydrogen-bond acceptors (Lipinski definition) is 3. The van der Waals surface area contributed by atoms with Gasteiger partial charge in [0, 0.05) is 0 Å². The molecule has 0 saturated heterocycles. The summed E-state index contributed by atoms with van der Waals surface area (Å²) in [6.07, 6.45) is -0.200. The van der Waals surface area contributed by atoms with Gasteiger partial charge in [-0.05, 0) is 28.1 Å². The van der Waals surface area contributed by atoms with Gasteiger partial charge in [-0.3, -0.25) is 9.59 Å². The summed E-state index contributed by atoms with van der Waals surface area (Å²) in [6.45, 7) is 0. The molecule has 1 heterocycles. The number of rotatable bonds is 4. The minimum absolute atomic E-state index is 0.192. The van der Waals surface area contributed by atoms with E-state index in [9.17, 15) is 9.59 Å². The van der Waals surface area contributed by atoms with Crippen molar-refractivity contribution in [3.05, 3.63) is 20.8 Å². The maximum atomic E-state index is 11.6. The normalized spacial score (nSPS) is 12.4. The van der Waals surface area contributed by atoms with Crippen LogP contribution in [0.4, 0.5) is 0 Å². The van der Waals surface area contributed by atoms with Gasteiger partial charge in [0.05, 0.1) is 19.9 Å².